The second-order valence-electron chi connectivity index (χ2n) is 2.46. The van der Waals surface area contributed by atoms with Gasteiger partial charge in [0, 0.05) is 18.0 Å². The highest BCUT2D eigenvalue weighted by atomic mass is 35.5. The van der Waals surface area contributed by atoms with E-state index in [0.717, 1.165) is 5.56 Å². The van der Waals surface area contributed by atoms with E-state index >= 15 is 0 Å². The first-order valence-electron chi connectivity index (χ1n) is 3.43. The van der Waals surface area contributed by atoms with Crippen LogP contribution in [-0.4, -0.2) is 17.1 Å². The quantitative estimate of drug-likeness (QED) is 0.480. The number of carbonyl (C=O) groups excluding carboxylic acids is 1. The SMILES string of the molecule is O=C=C1C=Nc2[nH]ccc2C1Cl. The molecule has 2 heterocycles. The van der Waals surface area contributed by atoms with Crippen molar-refractivity contribution in [2.75, 3.05) is 0 Å². The van der Waals surface area contributed by atoms with E-state index in [2.05, 4.69) is 9.98 Å². The number of hydrogen-bond donors (Lipinski definition) is 1. The molecule has 12 heavy (non-hydrogen) atoms. The highest BCUT2D eigenvalue weighted by Gasteiger charge is 2.21. The Kier molecular flexibility index (Phi) is 1.61. The van der Waals surface area contributed by atoms with Gasteiger partial charge in [0.15, 0.2) is 0 Å². The molecule has 0 saturated carbocycles. The Bertz CT molecular complexity index is 388. The molecule has 2 rings (SSSR count). The van der Waals surface area contributed by atoms with Crippen molar-refractivity contribution in [3.05, 3.63) is 23.4 Å². The molecule has 1 aromatic rings. The molecule has 4 heteroatoms. The number of nitrogens with zero attached hydrogens (tertiary/aromatic N) is 1. The second-order valence-corrected chi connectivity index (χ2v) is 2.90. The Hall–Kier alpha value is -1.31. The normalized spacial score (nSPS) is 20.4. The molecule has 1 aromatic heterocycles. The summed E-state index contributed by atoms with van der Waals surface area (Å²) in [5.41, 5.74) is 1.21. The fourth-order valence-electron chi connectivity index (χ4n) is 1.13. The fourth-order valence-corrected chi connectivity index (χ4v) is 1.41. The molecular formula is C8H5ClN2O. The van der Waals surface area contributed by atoms with E-state index in [-0.39, 0.29) is 0 Å². The molecule has 0 radical (unpaired) electrons. The van der Waals surface area contributed by atoms with Crippen molar-refractivity contribution in [2.24, 2.45) is 4.99 Å². The van der Waals surface area contributed by atoms with Crippen molar-refractivity contribution < 1.29 is 4.79 Å². The monoisotopic (exact) mass is 180 g/mol. The molecule has 0 aliphatic carbocycles. The van der Waals surface area contributed by atoms with Crippen molar-refractivity contribution in [3.63, 3.8) is 0 Å². The molecule has 0 spiro atoms. The number of hydrogen-bond acceptors (Lipinski definition) is 2. The Morgan fingerprint density at radius 1 is 1.67 bits per heavy atom. The topological polar surface area (TPSA) is 45.2 Å². The first kappa shape index (κ1) is 7.35. The molecule has 0 saturated heterocycles. The lowest BCUT2D eigenvalue weighted by molar-refractivity contribution is 0.567. The van der Waals surface area contributed by atoms with Gasteiger partial charge in [-0.05, 0) is 6.07 Å². The summed E-state index contributed by atoms with van der Waals surface area (Å²) in [6.45, 7) is 0. The number of fused-ring (bicyclic) bond motifs is 1. The van der Waals surface area contributed by atoms with Crippen LogP contribution in [-0.2, 0) is 4.79 Å². The van der Waals surface area contributed by atoms with Crippen LogP contribution in [0.25, 0.3) is 0 Å². The van der Waals surface area contributed by atoms with Crippen LogP contribution < -0.4 is 0 Å². The molecule has 1 aliphatic heterocycles. The standard InChI is InChI=1S/C8H5ClN2O/c9-7-5(4-12)3-11-8-6(7)1-2-10-8/h1-3,7,10H. The summed E-state index contributed by atoms with van der Waals surface area (Å²) < 4.78 is 0. The number of aromatic nitrogens is 1. The number of aliphatic imine (C=N–C) groups is 1. The maximum Gasteiger partial charge on any atom is 0.135 e. The molecular weight excluding hydrogens is 176 g/mol. The van der Waals surface area contributed by atoms with E-state index in [9.17, 15) is 4.79 Å². The van der Waals surface area contributed by atoms with Crippen molar-refractivity contribution in [1.82, 2.24) is 4.98 Å². The molecule has 0 aromatic carbocycles. The summed E-state index contributed by atoms with van der Waals surface area (Å²) >= 11 is 5.94. The maximum absolute atomic E-state index is 10.4. The predicted octanol–water partition coefficient (Wildman–Crippen LogP) is 1.77. The summed E-state index contributed by atoms with van der Waals surface area (Å²) in [6.07, 6.45) is 3.18. The highest BCUT2D eigenvalue weighted by molar-refractivity contribution is 6.27. The first-order valence-corrected chi connectivity index (χ1v) is 3.87. The van der Waals surface area contributed by atoms with E-state index in [0.29, 0.717) is 11.4 Å². The largest absolute Gasteiger partial charge is 0.346 e. The number of halogens is 1. The summed E-state index contributed by atoms with van der Waals surface area (Å²) in [5, 5.41) is -0.416. The van der Waals surface area contributed by atoms with Gasteiger partial charge in [0.2, 0.25) is 0 Å². The van der Waals surface area contributed by atoms with Gasteiger partial charge in [0.1, 0.15) is 11.8 Å². The van der Waals surface area contributed by atoms with Crippen LogP contribution in [0.2, 0.25) is 0 Å². The minimum atomic E-state index is -0.416. The second kappa shape index (κ2) is 2.63. The molecule has 1 N–H and O–H groups in total. The van der Waals surface area contributed by atoms with Gasteiger partial charge in [-0.15, -0.1) is 11.6 Å². The summed E-state index contributed by atoms with van der Waals surface area (Å²) in [7, 11) is 0. The van der Waals surface area contributed by atoms with Crippen LogP contribution in [0.15, 0.2) is 22.8 Å². The number of H-pyrrole nitrogens is 1. The molecule has 0 bridgehead atoms. The zero-order valence-corrected chi connectivity index (χ0v) is 6.80. The van der Waals surface area contributed by atoms with Crippen molar-refractivity contribution in [1.29, 1.82) is 0 Å². The van der Waals surface area contributed by atoms with Gasteiger partial charge in [-0.3, -0.25) is 0 Å². The molecule has 3 nitrogen and oxygen atoms in total. The number of rotatable bonds is 0. The Morgan fingerprint density at radius 3 is 3.25 bits per heavy atom. The lowest BCUT2D eigenvalue weighted by atomic mass is 10.1. The third-order valence-electron chi connectivity index (χ3n) is 1.75. The van der Waals surface area contributed by atoms with Crippen LogP contribution in [0, 0.1) is 0 Å². The van der Waals surface area contributed by atoms with Crippen LogP contribution in [0.4, 0.5) is 5.82 Å². The first-order chi connectivity index (χ1) is 5.83. The zero-order chi connectivity index (χ0) is 8.55. The summed E-state index contributed by atoms with van der Waals surface area (Å²) in [5.74, 6) is 2.47. The van der Waals surface area contributed by atoms with E-state index in [4.69, 9.17) is 11.6 Å². The molecule has 0 fully saturated rings. The fraction of sp³-hybridized carbons (Fsp3) is 0.125. The maximum atomic E-state index is 10.4. The van der Waals surface area contributed by atoms with E-state index in [1.54, 1.807) is 18.2 Å². The smallest absolute Gasteiger partial charge is 0.135 e. The lowest BCUT2D eigenvalue weighted by Gasteiger charge is -2.10. The van der Waals surface area contributed by atoms with E-state index < -0.39 is 5.38 Å². The van der Waals surface area contributed by atoms with Gasteiger partial charge in [0.25, 0.3) is 0 Å². The third kappa shape index (κ3) is 0.916. The third-order valence-corrected chi connectivity index (χ3v) is 2.22. The number of alkyl halides is 1. The molecule has 1 unspecified atom stereocenters. The Morgan fingerprint density at radius 2 is 2.50 bits per heavy atom. The van der Waals surface area contributed by atoms with E-state index in [1.807, 2.05) is 0 Å². The zero-order valence-electron chi connectivity index (χ0n) is 6.04. The lowest BCUT2D eigenvalue weighted by Crippen LogP contribution is -2.01. The molecule has 0 amide bonds. The minimum absolute atomic E-state index is 0.378. The van der Waals surface area contributed by atoms with E-state index in [1.165, 1.54) is 6.21 Å². The van der Waals surface area contributed by atoms with Gasteiger partial charge < -0.3 is 4.98 Å². The average Bonchev–Trinajstić information content (AvgIpc) is 2.53. The van der Waals surface area contributed by atoms with Gasteiger partial charge in [-0.25, -0.2) is 9.79 Å². The molecule has 1 aliphatic rings. The van der Waals surface area contributed by atoms with Gasteiger partial charge in [-0.2, -0.15) is 0 Å². The number of nitrogens with one attached hydrogen (secondary N) is 1. The van der Waals surface area contributed by atoms with Gasteiger partial charge in [0.05, 0.1) is 11.0 Å². The predicted molar refractivity (Wildman–Crippen MR) is 46.7 cm³/mol. The molecule has 60 valence electrons. The Labute approximate surface area is 73.8 Å². The highest BCUT2D eigenvalue weighted by Crippen LogP contribution is 2.35. The van der Waals surface area contributed by atoms with Crippen molar-refractivity contribution in [2.45, 2.75) is 5.38 Å². The number of aromatic amines is 1. The summed E-state index contributed by atoms with van der Waals surface area (Å²) in [4.78, 5) is 17.3. The minimum Gasteiger partial charge on any atom is -0.346 e. The number of allylic oxidation sites excluding steroid dienone is 1. The van der Waals surface area contributed by atoms with Crippen molar-refractivity contribution >= 4 is 29.6 Å². The van der Waals surface area contributed by atoms with Crippen LogP contribution in [0.5, 0.6) is 0 Å². The van der Waals surface area contributed by atoms with Crippen LogP contribution in [0.1, 0.15) is 10.9 Å². The van der Waals surface area contributed by atoms with Gasteiger partial charge in [-0.1, -0.05) is 0 Å². The Balaban J connectivity index is 2.59. The van der Waals surface area contributed by atoms with Crippen LogP contribution >= 0.6 is 11.6 Å². The van der Waals surface area contributed by atoms with Crippen molar-refractivity contribution in [3.8, 4) is 0 Å². The van der Waals surface area contributed by atoms with Gasteiger partial charge >= 0.3 is 0 Å². The summed E-state index contributed by atoms with van der Waals surface area (Å²) in [6, 6.07) is 1.81. The van der Waals surface area contributed by atoms with Crippen LogP contribution in [0.3, 0.4) is 0 Å². The average molecular weight is 181 g/mol. The molecule has 1 atom stereocenters.